The summed E-state index contributed by atoms with van der Waals surface area (Å²) in [5.41, 5.74) is 6.87. The van der Waals surface area contributed by atoms with Gasteiger partial charge in [0, 0.05) is 18.7 Å². The molecule has 0 aliphatic carbocycles. The fraction of sp³-hybridized carbons (Fsp3) is 0.273. The van der Waals surface area contributed by atoms with E-state index in [1.807, 2.05) is 0 Å². The monoisotopic (exact) mass is 258 g/mol. The molecule has 17 heavy (non-hydrogen) atoms. The number of carboxylic acids is 1. The molecule has 0 atom stereocenters. The van der Waals surface area contributed by atoms with Crippen molar-refractivity contribution in [3.8, 4) is 0 Å². The molecule has 0 saturated heterocycles. The van der Waals surface area contributed by atoms with E-state index in [1.165, 1.54) is 0 Å². The highest BCUT2D eigenvalue weighted by atomic mass is 35.5. The van der Waals surface area contributed by atoms with Crippen LogP contribution in [0.2, 0.25) is 0 Å². The van der Waals surface area contributed by atoms with Crippen molar-refractivity contribution < 1.29 is 14.7 Å². The van der Waals surface area contributed by atoms with Gasteiger partial charge < -0.3 is 16.2 Å². The predicted molar refractivity (Wildman–Crippen MR) is 66.2 cm³/mol. The Morgan fingerprint density at radius 2 is 1.82 bits per heavy atom. The Morgan fingerprint density at radius 3 is 2.29 bits per heavy atom. The number of aliphatic carboxylic acids is 1. The number of halogens is 1. The SMILES string of the molecule is Cl.NCc1ccc(C(=O)NCCC(=O)O)cc1. The van der Waals surface area contributed by atoms with E-state index in [-0.39, 0.29) is 31.3 Å². The zero-order valence-corrected chi connectivity index (χ0v) is 10.00. The summed E-state index contributed by atoms with van der Waals surface area (Å²) in [5, 5.41) is 10.9. The van der Waals surface area contributed by atoms with Gasteiger partial charge in [-0.25, -0.2) is 0 Å². The minimum Gasteiger partial charge on any atom is -0.481 e. The fourth-order valence-corrected chi connectivity index (χ4v) is 1.18. The van der Waals surface area contributed by atoms with Crippen LogP contribution < -0.4 is 11.1 Å². The standard InChI is InChI=1S/C11H14N2O3.ClH/c12-7-8-1-3-9(4-2-8)11(16)13-6-5-10(14)15;/h1-4H,5-7,12H2,(H,13,16)(H,14,15);1H. The summed E-state index contributed by atoms with van der Waals surface area (Å²) >= 11 is 0. The first kappa shape index (κ1) is 15.4. The first-order valence-electron chi connectivity index (χ1n) is 4.92. The number of amides is 1. The molecule has 1 aromatic rings. The molecule has 1 aromatic carbocycles. The number of carbonyl (C=O) groups is 2. The van der Waals surface area contributed by atoms with Crippen molar-refractivity contribution in [1.82, 2.24) is 5.32 Å². The molecule has 0 aliphatic heterocycles. The lowest BCUT2D eigenvalue weighted by Gasteiger charge is -2.04. The minimum atomic E-state index is -0.932. The molecule has 0 aromatic heterocycles. The first-order valence-corrected chi connectivity index (χ1v) is 4.92. The normalized spacial score (nSPS) is 9.24. The van der Waals surface area contributed by atoms with Gasteiger partial charge in [0.2, 0.25) is 0 Å². The summed E-state index contributed by atoms with van der Waals surface area (Å²) in [6.07, 6.45) is -0.0768. The van der Waals surface area contributed by atoms with Gasteiger partial charge in [-0.15, -0.1) is 12.4 Å². The van der Waals surface area contributed by atoms with Gasteiger partial charge in [-0.05, 0) is 17.7 Å². The second-order valence-electron chi connectivity index (χ2n) is 3.30. The summed E-state index contributed by atoms with van der Waals surface area (Å²) in [6.45, 7) is 0.563. The van der Waals surface area contributed by atoms with Crippen molar-refractivity contribution >= 4 is 24.3 Å². The molecule has 0 radical (unpaired) electrons. The van der Waals surface area contributed by atoms with Crippen molar-refractivity contribution in [1.29, 1.82) is 0 Å². The van der Waals surface area contributed by atoms with Gasteiger partial charge >= 0.3 is 5.97 Å². The van der Waals surface area contributed by atoms with Gasteiger partial charge in [0.25, 0.3) is 5.91 Å². The largest absolute Gasteiger partial charge is 0.481 e. The number of benzene rings is 1. The van der Waals surface area contributed by atoms with Crippen molar-refractivity contribution in [2.45, 2.75) is 13.0 Å². The quantitative estimate of drug-likeness (QED) is 0.727. The second-order valence-corrected chi connectivity index (χ2v) is 3.30. The Hall–Kier alpha value is -1.59. The van der Waals surface area contributed by atoms with Crippen LogP contribution in [0.15, 0.2) is 24.3 Å². The number of hydrogen-bond acceptors (Lipinski definition) is 3. The Kier molecular flexibility index (Phi) is 6.93. The van der Waals surface area contributed by atoms with Crippen LogP contribution in [0.5, 0.6) is 0 Å². The van der Waals surface area contributed by atoms with E-state index in [0.29, 0.717) is 12.1 Å². The van der Waals surface area contributed by atoms with E-state index in [1.54, 1.807) is 24.3 Å². The van der Waals surface area contributed by atoms with Gasteiger partial charge in [0.05, 0.1) is 6.42 Å². The smallest absolute Gasteiger partial charge is 0.305 e. The maximum absolute atomic E-state index is 11.5. The number of carbonyl (C=O) groups excluding carboxylic acids is 1. The van der Waals surface area contributed by atoms with Crippen LogP contribution in [0.4, 0.5) is 0 Å². The Labute approximate surface area is 105 Å². The van der Waals surface area contributed by atoms with Crippen LogP contribution in [0, 0.1) is 0 Å². The van der Waals surface area contributed by atoms with Gasteiger partial charge in [0.15, 0.2) is 0 Å². The molecule has 0 aliphatic rings. The number of rotatable bonds is 5. The number of nitrogens with two attached hydrogens (primary N) is 1. The van der Waals surface area contributed by atoms with E-state index in [4.69, 9.17) is 10.8 Å². The van der Waals surface area contributed by atoms with E-state index in [0.717, 1.165) is 5.56 Å². The molecule has 4 N–H and O–H groups in total. The molecule has 0 spiro atoms. The molecule has 0 saturated carbocycles. The topological polar surface area (TPSA) is 92.4 Å². The highest BCUT2D eigenvalue weighted by Gasteiger charge is 2.05. The number of carboxylic acid groups (broad SMARTS) is 1. The number of hydrogen-bond donors (Lipinski definition) is 3. The summed E-state index contributed by atoms with van der Waals surface area (Å²) in [4.78, 5) is 21.7. The number of nitrogens with one attached hydrogen (secondary N) is 1. The highest BCUT2D eigenvalue weighted by Crippen LogP contribution is 2.03. The molecule has 0 bridgehead atoms. The van der Waals surface area contributed by atoms with Crippen LogP contribution in [0.25, 0.3) is 0 Å². The van der Waals surface area contributed by atoms with E-state index < -0.39 is 5.97 Å². The van der Waals surface area contributed by atoms with Crippen molar-refractivity contribution in [3.63, 3.8) is 0 Å². The molecular formula is C11H15ClN2O3. The molecular weight excluding hydrogens is 244 g/mol. The van der Waals surface area contributed by atoms with Crippen LogP contribution >= 0.6 is 12.4 Å². The Balaban J connectivity index is 0.00000256. The van der Waals surface area contributed by atoms with Crippen molar-refractivity contribution in [2.75, 3.05) is 6.54 Å². The van der Waals surface area contributed by atoms with Crippen LogP contribution in [-0.4, -0.2) is 23.5 Å². The molecule has 1 amide bonds. The third-order valence-corrected chi connectivity index (χ3v) is 2.08. The maximum atomic E-state index is 11.5. The van der Waals surface area contributed by atoms with E-state index in [2.05, 4.69) is 5.32 Å². The van der Waals surface area contributed by atoms with Gasteiger partial charge in [-0.3, -0.25) is 9.59 Å². The molecule has 0 fully saturated rings. The Morgan fingerprint density at radius 1 is 1.24 bits per heavy atom. The highest BCUT2D eigenvalue weighted by molar-refractivity contribution is 5.94. The average molecular weight is 259 g/mol. The summed E-state index contributed by atoms with van der Waals surface area (Å²) < 4.78 is 0. The third kappa shape index (κ3) is 5.33. The predicted octanol–water partition coefficient (Wildman–Crippen LogP) is 0.772. The van der Waals surface area contributed by atoms with Gasteiger partial charge in [0.1, 0.15) is 0 Å². The Bertz CT molecular complexity index is 379. The lowest BCUT2D eigenvalue weighted by molar-refractivity contribution is -0.136. The third-order valence-electron chi connectivity index (χ3n) is 2.08. The van der Waals surface area contributed by atoms with Crippen molar-refractivity contribution in [2.24, 2.45) is 5.73 Å². The van der Waals surface area contributed by atoms with Crippen LogP contribution in [0.3, 0.4) is 0 Å². The molecule has 1 rings (SSSR count). The lowest BCUT2D eigenvalue weighted by atomic mass is 10.1. The molecule has 0 heterocycles. The summed E-state index contributed by atoms with van der Waals surface area (Å²) in [7, 11) is 0. The average Bonchev–Trinajstić information content (AvgIpc) is 2.28. The maximum Gasteiger partial charge on any atom is 0.305 e. The summed E-state index contributed by atoms with van der Waals surface area (Å²) in [6, 6.07) is 6.87. The molecule has 5 nitrogen and oxygen atoms in total. The second kappa shape index (κ2) is 7.65. The molecule has 6 heteroatoms. The zero-order chi connectivity index (χ0) is 12.0. The van der Waals surface area contributed by atoms with E-state index >= 15 is 0 Å². The first-order chi connectivity index (χ1) is 7.63. The van der Waals surface area contributed by atoms with Crippen molar-refractivity contribution in [3.05, 3.63) is 35.4 Å². The fourth-order valence-electron chi connectivity index (χ4n) is 1.18. The molecule has 94 valence electrons. The van der Waals surface area contributed by atoms with Crippen LogP contribution in [-0.2, 0) is 11.3 Å². The minimum absolute atomic E-state index is 0. The van der Waals surface area contributed by atoms with Gasteiger partial charge in [-0.1, -0.05) is 12.1 Å². The zero-order valence-electron chi connectivity index (χ0n) is 9.18. The summed E-state index contributed by atoms with van der Waals surface area (Å²) in [5.74, 6) is -1.20. The van der Waals surface area contributed by atoms with Crippen LogP contribution in [0.1, 0.15) is 22.3 Å². The molecule has 0 unspecified atom stereocenters. The van der Waals surface area contributed by atoms with Gasteiger partial charge in [-0.2, -0.15) is 0 Å². The lowest BCUT2D eigenvalue weighted by Crippen LogP contribution is -2.25. The van der Waals surface area contributed by atoms with E-state index in [9.17, 15) is 9.59 Å².